The van der Waals surface area contributed by atoms with Crippen molar-refractivity contribution < 1.29 is 4.74 Å². The van der Waals surface area contributed by atoms with Crippen molar-refractivity contribution in [2.75, 3.05) is 40.4 Å². The summed E-state index contributed by atoms with van der Waals surface area (Å²) in [7, 11) is 3.65. The van der Waals surface area contributed by atoms with Crippen LogP contribution in [0.25, 0.3) is 0 Å². The van der Waals surface area contributed by atoms with Crippen LogP contribution in [0, 0.1) is 5.92 Å². The molecule has 23 heavy (non-hydrogen) atoms. The normalized spacial score (nSPS) is 19.3. The Hall–Kier alpha value is -0.820. The lowest BCUT2D eigenvalue weighted by Gasteiger charge is -2.24. The number of rotatable bonds is 6. The summed E-state index contributed by atoms with van der Waals surface area (Å²) in [5.41, 5.74) is 1.40. The Bertz CT molecular complexity index is 467. The first-order chi connectivity index (χ1) is 10.8. The molecule has 0 bridgehead atoms. The van der Waals surface area contributed by atoms with Gasteiger partial charge in [-0.2, -0.15) is 0 Å². The Kier molecular flexibility index (Phi) is 9.55. The third-order valence-corrected chi connectivity index (χ3v) is 4.47. The Morgan fingerprint density at radius 2 is 2.13 bits per heavy atom. The largest absolute Gasteiger partial charge is 0.384 e. The van der Waals surface area contributed by atoms with Crippen molar-refractivity contribution in [3.8, 4) is 0 Å². The summed E-state index contributed by atoms with van der Waals surface area (Å²) in [5, 5.41) is 3.56. The average molecular weight is 431 g/mol. The van der Waals surface area contributed by atoms with Gasteiger partial charge in [0.15, 0.2) is 5.96 Å². The van der Waals surface area contributed by atoms with Gasteiger partial charge in [0.2, 0.25) is 0 Å². The molecule has 0 aromatic heterocycles. The smallest absolute Gasteiger partial charge is 0.193 e. The maximum atomic E-state index is 5.27. The molecule has 1 aliphatic rings. The standard InChI is InChI=1S/C18H29N3O.HI/c1-4-16(17-8-6-5-7-9-17)12-20-18(19-2)21-11-10-15(13-21)14-22-3;/h5-9,15-16H,4,10-14H2,1-3H3,(H,19,20);1H. The maximum absolute atomic E-state index is 5.27. The first-order valence-corrected chi connectivity index (χ1v) is 8.28. The first-order valence-electron chi connectivity index (χ1n) is 8.28. The van der Waals surface area contributed by atoms with E-state index in [1.54, 1.807) is 7.11 Å². The molecule has 1 N–H and O–H groups in total. The second kappa shape index (κ2) is 10.9. The molecule has 2 atom stereocenters. The van der Waals surface area contributed by atoms with Crippen molar-refractivity contribution in [1.82, 2.24) is 10.2 Å². The molecule has 130 valence electrons. The fraction of sp³-hybridized carbons (Fsp3) is 0.611. The van der Waals surface area contributed by atoms with Gasteiger partial charge in [0.1, 0.15) is 0 Å². The molecule has 1 heterocycles. The second-order valence-corrected chi connectivity index (χ2v) is 6.00. The number of hydrogen-bond donors (Lipinski definition) is 1. The molecule has 5 heteroatoms. The van der Waals surface area contributed by atoms with Crippen molar-refractivity contribution in [3.63, 3.8) is 0 Å². The van der Waals surface area contributed by atoms with Crippen molar-refractivity contribution in [1.29, 1.82) is 0 Å². The van der Waals surface area contributed by atoms with E-state index in [1.807, 2.05) is 7.05 Å². The van der Waals surface area contributed by atoms with E-state index in [4.69, 9.17) is 4.74 Å². The minimum absolute atomic E-state index is 0. The highest BCUT2D eigenvalue weighted by atomic mass is 127. The Balaban J connectivity index is 0.00000264. The van der Waals surface area contributed by atoms with Crippen molar-refractivity contribution in [2.24, 2.45) is 10.9 Å². The van der Waals surface area contributed by atoms with Crippen LogP contribution >= 0.6 is 24.0 Å². The summed E-state index contributed by atoms with van der Waals surface area (Å²) < 4.78 is 5.27. The Morgan fingerprint density at radius 1 is 1.39 bits per heavy atom. The molecule has 4 nitrogen and oxygen atoms in total. The number of methoxy groups -OCH3 is 1. The lowest BCUT2D eigenvalue weighted by atomic mass is 9.97. The van der Waals surface area contributed by atoms with Crippen LogP contribution in [-0.2, 0) is 4.74 Å². The number of nitrogens with zero attached hydrogens (tertiary/aromatic N) is 2. The number of nitrogens with one attached hydrogen (secondary N) is 1. The minimum atomic E-state index is 0. The Labute approximate surface area is 157 Å². The molecule has 0 amide bonds. The van der Waals surface area contributed by atoms with Crippen molar-refractivity contribution in [2.45, 2.75) is 25.7 Å². The van der Waals surface area contributed by atoms with Gasteiger partial charge in [0.05, 0.1) is 6.61 Å². The second-order valence-electron chi connectivity index (χ2n) is 6.00. The summed E-state index contributed by atoms with van der Waals surface area (Å²) in [6.45, 7) is 6.12. The van der Waals surface area contributed by atoms with Crippen molar-refractivity contribution >= 4 is 29.9 Å². The predicted molar refractivity (Wildman–Crippen MR) is 108 cm³/mol. The van der Waals surface area contributed by atoms with Gasteiger partial charge in [-0.15, -0.1) is 24.0 Å². The third-order valence-electron chi connectivity index (χ3n) is 4.47. The summed E-state index contributed by atoms with van der Waals surface area (Å²) in [5.74, 6) is 2.17. The van der Waals surface area contributed by atoms with Crippen LogP contribution < -0.4 is 5.32 Å². The fourth-order valence-electron chi connectivity index (χ4n) is 3.17. The third kappa shape index (κ3) is 5.95. The van der Waals surface area contributed by atoms with Gasteiger partial charge in [0, 0.05) is 45.6 Å². The number of halogens is 1. The predicted octanol–water partition coefficient (Wildman–Crippen LogP) is 3.34. The molecule has 2 rings (SSSR count). The summed E-state index contributed by atoms with van der Waals surface area (Å²) in [4.78, 5) is 6.80. The average Bonchev–Trinajstić information content (AvgIpc) is 3.01. The number of aliphatic imine (C=N–C) groups is 1. The van der Waals surface area contributed by atoms with Crippen LogP contribution in [0.5, 0.6) is 0 Å². The summed E-state index contributed by atoms with van der Waals surface area (Å²) in [6.07, 6.45) is 2.31. The fourth-order valence-corrected chi connectivity index (χ4v) is 3.17. The molecule has 1 aliphatic heterocycles. The van der Waals surface area contributed by atoms with Gasteiger partial charge >= 0.3 is 0 Å². The molecular weight excluding hydrogens is 401 g/mol. The minimum Gasteiger partial charge on any atom is -0.384 e. The summed E-state index contributed by atoms with van der Waals surface area (Å²) in [6, 6.07) is 10.7. The van der Waals surface area contributed by atoms with Gasteiger partial charge < -0.3 is 15.0 Å². The van der Waals surface area contributed by atoms with E-state index in [2.05, 4.69) is 52.5 Å². The first kappa shape index (κ1) is 20.2. The van der Waals surface area contributed by atoms with Gasteiger partial charge in [0.25, 0.3) is 0 Å². The number of guanidine groups is 1. The molecule has 2 unspecified atom stereocenters. The lowest BCUT2D eigenvalue weighted by molar-refractivity contribution is 0.157. The van der Waals surface area contributed by atoms with Crippen LogP contribution in [0.2, 0.25) is 0 Å². The highest BCUT2D eigenvalue weighted by Gasteiger charge is 2.25. The Morgan fingerprint density at radius 3 is 2.74 bits per heavy atom. The zero-order chi connectivity index (χ0) is 15.8. The number of ether oxygens (including phenoxy) is 1. The van der Waals surface area contributed by atoms with Crippen LogP contribution in [0.4, 0.5) is 0 Å². The molecule has 0 spiro atoms. The van der Waals surface area contributed by atoms with E-state index in [0.29, 0.717) is 11.8 Å². The summed E-state index contributed by atoms with van der Waals surface area (Å²) >= 11 is 0. The highest BCUT2D eigenvalue weighted by molar-refractivity contribution is 14.0. The molecule has 0 radical (unpaired) electrons. The molecule has 1 saturated heterocycles. The maximum Gasteiger partial charge on any atom is 0.193 e. The van der Waals surface area contributed by atoms with Crippen molar-refractivity contribution in [3.05, 3.63) is 35.9 Å². The zero-order valence-electron chi connectivity index (χ0n) is 14.5. The monoisotopic (exact) mass is 431 g/mol. The van der Waals surface area contributed by atoms with Crippen LogP contribution in [0.15, 0.2) is 35.3 Å². The van der Waals surface area contributed by atoms with E-state index < -0.39 is 0 Å². The molecule has 1 fully saturated rings. The van der Waals surface area contributed by atoms with E-state index in [-0.39, 0.29) is 24.0 Å². The van der Waals surface area contributed by atoms with Crippen LogP contribution in [0.3, 0.4) is 0 Å². The topological polar surface area (TPSA) is 36.9 Å². The number of likely N-dealkylation sites (tertiary alicyclic amines) is 1. The molecule has 1 aromatic rings. The van der Waals surface area contributed by atoms with Gasteiger partial charge in [-0.3, -0.25) is 4.99 Å². The van der Waals surface area contributed by atoms with Crippen LogP contribution in [-0.4, -0.2) is 51.3 Å². The van der Waals surface area contributed by atoms with E-state index >= 15 is 0 Å². The quantitative estimate of drug-likeness (QED) is 0.427. The van der Waals surface area contributed by atoms with E-state index in [1.165, 1.54) is 12.0 Å². The van der Waals surface area contributed by atoms with Gasteiger partial charge in [-0.25, -0.2) is 0 Å². The molecule has 1 aromatic carbocycles. The molecule has 0 saturated carbocycles. The molecule has 0 aliphatic carbocycles. The number of benzene rings is 1. The number of hydrogen-bond acceptors (Lipinski definition) is 2. The van der Waals surface area contributed by atoms with Gasteiger partial charge in [-0.05, 0) is 18.4 Å². The van der Waals surface area contributed by atoms with Gasteiger partial charge in [-0.1, -0.05) is 37.3 Å². The molecular formula is C18H30IN3O. The lowest BCUT2D eigenvalue weighted by Crippen LogP contribution is -2.41. The van der Waals surface area contributed by atoms with E-state index in [0.717, 1.165) is 38.6 Å². The zero-order valence-corrected chi connectivity index (χ0v) is 16.8. The van der Waals surface area contributed by atoms with E-state index in [9.17, 15) is 0 Å². The SMILES string of the molecule is CCC(CNC(=NC)N1CCC(COC)C1)c1ccccc1.I. The van der Waals surface area contributed by atoms with Crippen LogP contribution in [0.1, 0.15) is 31.2 Å². The highest BCUT2D eigenvalue weighted by Crippen LogP contribution is 2.19.